The molecule has 0 amide bonds. The molecule has 0 spiro atoms. The van der Waals surface area contributed by atoms with Crippen LogP contribution in [-0.4, -0.2) is 76.7 Å². The highest BCUT2D eigenvalue weighted by molar-refractivity contribution is 5.85. The van der Waals surface area contributed by atoms with Crippen molar-refractivity contribution in [1.29, 1.82) is 0 Å². The Balaban J connectivity index is 1.51. The smallest absolute Gasteiger partial charge is 0.136 e. The molecule has 3 heterocycles. The summed E-state index contributed by atoms with van der Waals surface area (Å²) < 4.78 is 58.4. The number of halogens is 4. The first kappa shape index (κ1) is 26.2. The van der Waals surface area contributed by atoms with E-state index in [1.54, 1.807) is 4.90 Å². The maximum absolute atomic E-state index is 15.8. The molecule has 2 aromatic carbocycles. The summed E-state index contributed by atoms with van der Waals surface area (Å²) in [6.45, 7) is 2.29. The topological polar surface area (TPSA) is 62.7 Å². The van der Waals surface area contributed by atoms with Crippen molar-refractivity contribution in [2.45, 2.75) is 44.1 Å². The fraction of sp³-hybridized carbons (Fsp3) is 0.500. The van der Waals surface area contributed by atoms with Crippen LogP contribution in [0, 0.1) is 17.6 Å². The molecule has 0 radical (unpaired) electrons. The van der Waals surface area contributed by atoms with Crippen molar-refractivity contribution in [2.75, 3.05) is 39.5 Å². The van der Waals surface area contributed by atoms with Gasteiger partial charge in [0.25, 0.3) is 0 Å². The molecule has 4 atom stereocenters. The van der Waals surface area contributed by atoms with E-state index in [2.05, 4.69) is 4.98 Å². The maximum atomic E-state index is 15.8. The van der Waals surface area contributed by atoms with Gasteiger partial charge in [0.2, 0.25) is 0 Å². The van der Waals surface area contributed by atoms with E-state index in [1.807, 2.05) is 36.1 Å². The molecule has 5 nitrogen and oxygen atoms in total. The number of rotatable bonds is 9. The van der Waals surface area contributed by atoms with Crippen LogP contribution >= 0.6 is 0 Å². The minimum absolute atomic E-state index is 0.153. The molecule has 2 unspecified atom stereocenters. The van der Waals surface area contributed by atoms with E-state index in [9.17, 15) is 19.0 Å². The molecule has 37 heavy (non-hydrogen) atoms. The number of alkyl halides is 2. The Kier molecular flexibility index (Phi) is 7.58. The van der Waals surface area contributed by atoms with Gasteiger partial charge in [-0.3, -0.25) is 9.29 Å². The molecule has 0 aliphatic carbocycles. The van der Waals surface area contributed by atoms with Gasteiger partial charge < -0.3 is 20.1 Å². The molecule has 3 aromatic rings. The zero-order valence-electron chi connectivity index (χ0n) is 20.8. The average Bonchev–Trinajstić information content (AvgIpc) is 3.22. The normalized spacial score (nSPS) is 22.7. The van der Waals surface area contributed by atoms with Crippen LogP contribution in [0.25, 0.3) is 10.9 Å². The van der Waals surface area contributed by atoms with Crippen molar-refractivity contribution in [3.63, 3.8) is 0 Å². The quantitative estimate of drug-likeness (QED) is 0.366. The lowest BCUT2D eigenvalue weighted by atomic mass is 9.85. The van der Waals surface area contributed by atoms with Gasteiger partial charge in [-0.15, -0.1) is 0 Å². The number of fused-ring (bicyclic) bond motifs is 3. The predicted molar refractivity (Wildman–Crippen MR) is 134 cm³/mol. The van der Waals surface area contributed by atoms with Crippen LogP contribution in [0.4, 0.5) is 17.6 Å². The van der Waals surface area contributed by atoms with Gasteiger partial charge >= 0.3 is 0 Å². The molecule has 9 heteroatoms. The highest BCUT2D eigenvalue weighted by atomic mass is 19.1. The summed E-state index contributed by atoms with van der Waals surface area (Å²) in [6, 6.07) is 8.81. The predicted octanol–water partition coefficient (Wildman–Crippen LogP) is 4.44. The van der Waals surface area contributed by atoms with E-state index in [0.717, 1.165) is 16.5 Å². The minimum Gasteiger partial charge on any atom is -0.393 e. The summed E-state index contributed by atoms with van der Waals surface area (Å²) in [5.74, 6) is -1.81. The monoisotopic (exact) mass is 519 g/mol. The number of hydrogen-bond donors (Lipinski definition) is 3. The zero-order chi connectivity index (χ0) is 26.3. The van der Waals surface area contributed by atoms with Crippen molar-refractivity contribution in [3.8, 4) is 0 Å². The summed E-state index contributed by atoms with van der Waals surface area (Å²) in [4.78, 5) is 7.02. The molecule has 200 valence electrons. The molecule has 1 aromatic heterocycles. The van der Waals surface area contributed by atoms with Crippen molar-refractivity contribution in [1.82, 2.24) is 14.8 Å². The fourth-order valence-corrected chi connectivity index (χ4v) is 5.97. The number of aromatic amines is 1. The summed E-state index contributed by atoms with van der Waals surface area (Å²) in [7, 11) is 0. The Morgan fingerprint density at radius 2 is 1.84 bits per heavy atom. The average molecular weight is 520 g/mol. The van der Waals surface area contributed by atoms with Crippen LogP contribution in [-0.2, 0) is 6.42 Å². The second kappa shape index (κ2) is 10.7. The third-order valence-electron chi connectivity index (χ3n) is 7.88. The fourth-order valence-electron chi connectivity index (χ4n) is 5.97. The maximum Gasteiger partial charge on any atom is 0.136 e. The first-order valence-corrected chi connectivity index (χ1v) is 12.9. The van der Waals surface area contributed by atoms with Crippen molar-refractivity contribution < 1.29 is 27.8 Å². The lowest BCUT2D eigenvalue weighted by Crippen LogP contribution is -2.49. The highest BCUT2D eigenvalue weighted by Gasteiger charge is 2.40. The van der Waals surface area contributed by atoms with Gasteiger partial charge in [0, 0.05) is 60.3 Å². The Morgan fingerprint density at radius 1 is 1.14 bits per heavy atom. The van der Waals surface area contributed by atoms with E-state index in [1.165, 1.54) is 12.1 Å². The Labute approximate surface area is 213 Å². The molecule has 3 N–H and O–H groups in total. The molecule has 5 rings (SSSR count). The molecule has 2 aliphatic heterocycles. The number of aliphatic hydroxyl groups excluding tert-OH is 2. The molecule has 0 saturated carbocycles. The number of H-pyrrole nitrogens is 1. The lowest BCUT2D eigenvalue weighted by Gasteiger charge is -2.42. The summed E-state index contributed by atoms with van der Waals surface area (Å²) in [5.41, 5.74) is 2.33. The Morgan fingerprint density at radius 3 is 2.51 bits per heavy atom. The van der Waals surface area contributed by atoms with Crippen LogP contribution < -0.4 is 0 Å². The number of nitrogens with one attached hydrogen (secondary N) is 1. The largest absolute Gasteiger partial charge is 0.393 e. The van der Waals surface area contributed by atoms with Gasteiger partial charge in [-0.05, 0) is 49.1 Å². The van der Waals surface area contributed by atoms with Gasteiger partial charge in [-0.1, -0.05) is 18.2 Å². The third-order valence-corrected chi connectivity index (χ3v) is 7.88. The second-order valence-corrected chi connectivity index (χ2v) is 10.4. The SMILES string of the molecule is C[C@@H]1Cc2c([nH]c3ccccc23)[C@@H](c2c(F)cc(C(O)C3CN(CCCF)C3)cc2F)N1CC(F)CO. The molecule has 1 saturated heterocycles. The van der Waals surface area contributed by atoms with Gasteiger partial charge in [-0.25, -0.2) is 13.2 Å². The van der Waals surface area contributed by atoms with Gasteiger partial charge in [0.05, 0.1) is 25.4 Å². The van der Waals surface area contributed by atoms with Crippen LogP contribution in [0.3, 0.4) is 0 Å². The number of nitrogens with zero attached hydrogens (tertiary/aromatic N) is 2. The van der Waals surface area contributed by atoms with Crippen molar-refractivity contribution >= 4 is 10.9 Å². The van der Waals surface area contributed by atoms with Crippen LogP contribution in [0.2, 0.25) is 0 Å². The number of aromatic nitrogens is 1. The zero-order valence-corrected chi connectivity index (χ0v) is 20.8. The number of hydrogen-bond acceptors (Lipinski definition) is 4. The second-order valence-electron chi connectivity index (χ2n) is 10.4. The Hall–Kier alpha value is -2.46. The first-order valence-electron chi connectivity index (χ1n) is 12.9. The van der Waals surface area contributed by atoms with E-state index < -0.39 is 43.2 Å². The van der Waals surface area contributed by atoms with Crippen molar-refractivity contribution in [2.24, 2.45) is 5.92 Å². The van der Waals surface area contributed by atoms with Gasteiger partial charge in [-0.2, -0.15) is 0 Å². The molecular weight excluding hydrogens is 486 g/mol. The van der Waals surface area contributed by atoms with Gasteiger partial charge in [0.1, 0.15) is 17.8 Å². The molecular formula is C28H33F4N3O2. The van der Waals surface area contributed by atoms with Gasteiger partial charge in [0.15, 0.2) is 0 Å². The number of likely N-dealkylation sites (tertiary alicyclic amines) is 1. The minimum atomic E-state index is -1.57. The van der Waals surface area contributed by atoms with Crippen LogP contribution in [0.15, 0.2) is 36.4 Å². The van der Waals surface area contributed by atoms with E-state index >= 15 is 8.78 Å². The van der Waals surface area contributed by atoms with Crippen LogP contribution in [0.5, 0.6) is 0 Å². The third kappa shape index (κ3) is 4.90. The lowest BCUT2D eigenvalue weighted by molar-refractivity contribution is -0.00641. The Bertz CT molecular complexity index is 1220. The van der Waals surface area contributed by atoms with Crippen LogP contribution in [0.1, 0.15) is 47.9 Å². The summed E-state index contributed by atoms with van der Waals surface area (Å²) >= 11 is 0. The van der Waals surface area contributed by atoms with E-state index in [0.29, 0.717) is 38.2 Å². The summed E-state index contributed by atoms with van der Waals surface area (Å²) in [6.07, 6.45) is -1.63. The molecule has 2 aliphatic rings. The molecule has 0 bridgehead atoms. The highest BCUT2D eigenvalue weighted by Crippen LogP contribution is 2.43. The van der Waals surface area contributed by atoms with E-state index in [4.69, 9.17) is 0 Å². The summed E-state index contributed by atoms with van der Waals surface area (Å²) in [5, 5.41) is 21.1. The van der Waals surface area contributed by atoms with Crippen molar-refractivity contribution in [3.05, 3.63) is 70.4 Å². The van der Waals surface area contributed by atoms with E-state index in [-0.39, 0.29) is 29.6 Å². The molecule has 1 fully saturated rings. The standard InChI is InChI=1S/C28H33F4N3O2/c1-16-9-21-20-5-2-3-6-24(20)33-26(21)27(35(16)14-19(30)15-36)25-22(31)10-17(11-23(25)32)28(37)18-12-34(13-18)8-4-7-29/h2-3,5-6,10-11,16,18-19,27-28,33,36-37H,4,7-9,12-15H2,1H3/t16-,19?,27-,28?/m1/s1. The number of para-hydroxylation sites is 1. The number of aliphatic hydroxyl groups is 2. The number of benzene rings is 2. The first-order chi connectivity index (χ1) is 17.8.